The van der Waals surface area contributed by atoms with Crippen molar-refractivity contribution in [1.29, 1.82) is 0 Å². The molecule has 0 aliphatic rings. The lowest BCUT2D eigenvalue weighted by molar-refractivity contribution is -0.116. The molecular weight excluding hydrogens is 266 g/mol. The second-order valence-corrected chi connectivity index (χ2v) is 4.69. The maximum absolute atomic E-state index is 11.9. The van der Waals surface area contributed by atoms with Gasteiger partial charge in [0.25, 0.3) is 0 Å². The standard InChI is InChI=1S/C16H17N3O2/c17-14-7-2-1-4-11(14)8-9-15(20)19-13-6-3-5-12(10-13)16(18)21/h1-7,10H,8-9,17H2,(H2,18,21)(H,19,20). The van der Waals surface area contributed by atoms with E-state index in [1.54, 1.807) is 24.3 Å². The number of nitrogen functional groups attached to an aromatic ring is 1. The summed E-state index contributed by atoms with van der Waals surface area (Å²) in [5.41, 5.74) is 13.6. The van der Waals surface area contributed by atoms with Crippen LogP contribution >= 0.6 is 0 Å². The average molecular weight is 283 g/mol. The smallest absolute Gasteiger partial charge is 0.248 e. The number of nitrogens with two attached hydrogens (primary N) is 2. The van der Waals surface area contributed by atoms with Crippen LogP contribution in [-0.2, 0) is 11.2 Å². The summed E-state index contributed by atoms with van der Waals surface area (Å²) in [6, 6.07) is 14.0. The highest BCUT2D eigenvalue weighted by molar-refractivity contribution is 5.96. The van der Waals surface area contributed by atoms with Crippen LogP contribution in [0.5, 0.6) is 0 Å². The van der Waals surface area contributed by atoms with Gasteiger partial charge in [-0.1, -0.05) is 24.3 Å². The lowest BCUT2D eigenvalue weighted by Gasteiger charge is -2.07. The third kappa shape index (κ3) is 4.07. The SMILES string of the molecule is NC(=O)c1cccc(NC(=O)CCc2ccccc2N)c1. The van der Waals surface area contributed by atoms with Crippen LogP contribution in [0.2, 0.25) is 0 Å². The molecular formula is C16H17N3O2. The van der Waals surface area contributed by atoms with Crippen LogP contribution in [0.1, 0.15) is 22.3 Å². The topological polar surface area (TPSA) is 98.2 Å². The Morgan fingerprint density at radius 1 is 1.05 bits per heavy atom. The van der Waals surface area contributed by atoms with Crippen molar-refractivity contribution >= 4 is 23.2 Å². The fraction of sp³-hybridized carbons (Fsp3) is 0.125. The Hall–Kier alpha value is -2.82. The number of aryl methyl sites for hydroxylation is 1. The summed E-state index contributed by atoms with van der Waals surface area (Å²) in [6.07, 6.45) is 0.878. The molecule has 0 fully saturated rings. The highest BCUT2D eigenvalue weighted by Gasteiger charge is 2.06. The Kier molecular flexibility index (Phi) is 4.56. The van der Waals surface area contributed by atoms with Gasteiger partial charge >= 0.3 is 0 Å². The van der Waals surface area contributed by atoms with E-state index in [0.29, 0.717) is 29.8 Å². The minimum absolute atomic E-state index is 0.139. The van der Waals surface area contributed by atoms with Crippen molar-refractivity contribution in [3.05, 3.63) is 59.7 Å². The van der Waals surface area contributed by atoms with E-state index in [4.69, 9.17) is 11.5 Å². The van der Waals surface area contributed by atoms with Gasteiger partial charge in [0.2, 0.25) is 11.8 Å². The van der Waals surface area contributed by atoms with Gasteiger partial charge in [-0.25, -0.2) is 0 Å². The molecule has 0 saturated heterocycles. The molecule has 0 atom stereocenters. The number of primary amides is 1. The zero-order valence-corrected chi connectivity index (χ0v) is 11.5. The Morgan fingerprint density at radius 2 is 1.81 bits per heavy atom. The summed E-state index contributed by atoms with van der Waals surface area (Å²) in [6.45, 7) is 0. The molecule has 21 heavy (non-hydrogen) atoms. The maximum Gasteiger partial charge on any atom is 0.248 e. The lowest BCUT2D eigenvalue weighted by Crippen LogP contribution is -2.14. The summed E-state index contributed by atoms with van der Waals surface area (Å²) in [5, 5.41) is 2.74. The van der Waals surface area contributed by atoms with E-state index in [9.17, 15) is 9.59 Å². The number of hydrogen-bond acceptors (Lipinski definition) is 3. The van der Waals surface area contributed by atoms with E-state index < -0.39 is 5.91 Å². The van der Waals surface area contributed by atoms with E-state index in [1.165, 1.54) is 0 Å². The van der Waals surface area contributed by atoms with Crippen LogP contribution in [0, 0.1) is 0 Å². The van der Waals surface area contributed by atoms with Gasteiger partial charge in [0.15, 0.2) is 0 Å². The van der Waals surface area contributed by atoms with Crippen molar-refractivity contribution in [1.82, 2.24) is 0 Å². The monoisotopic (exact) mass is 283 g/mol. The molecule has 0 aromatic heterocycles. The highest BCUT2D eigenvalue weighted by Crippen LogP contribution is 2.14. The molecule has 0 aliphatic heterocycles. The molecule has 2 amide bonds. The number of amides is 2. The first kappa shape index (κ1) is 14.6. The molecule has 5 heteroatoms. The summed E-state index contributed by atoms with van der Waals surface area (Å²) >= 11 is 0. The van der Waals surface area contributed by atoms with Crippen molar-refractivity contribution in [2.75, 3.05) is 11.1 Å². The fourth-order valence-electron chi connectivity index (χ4n) is 1.98. The van der Waals surface area contributed by atoms with Gasteiger partial charge in [-0.05, 0) is 36.2 Å². The molecule has 0 spiro atoms. The molecule has 0 aliphatic carbocycles. The normalized spacial score (nSPS) is 10.1. The van der Waals surface area contributed by atoms with Gasteiger partial charge in [-0.2, -0.15) is 0 Å². The Balaban J connectivity index is 1.95. The van der Waals surface area contributed by atoms with Gasteiger partial charge in [-0.3, -0.25) is 9.59 Å². The maximum atomic E-state index is 11.9. The molecule has 2 aromatic carbocycles. The number of carbonyl (C=O) groups is 2. The molecule has 2 rings (SSSR count). The van der Waals surface area contributed by atoms with Crippen LogP contribution in [0.15, 0.2) is 48.5 Å². The molecule has 108 valence electrons. The Bertz CT molecular complexity index is 668. The average Bonchev–Trinajstić information content (AvgIpc) is 2.46. The molecule has 0 unspecified atom stereocenters. The zero-order valence-electron chi connectivity index (χ0n) is 11.5. The molecule has 0 bridgehead atoms. The van der Waals surface area contributed by atoms with E-state index in [2.05, 4.69) is 5.32 Å². The van der Waals surface area contributed by atoms with E-state index in [1.807, 2.05) is 24.3 Å². The number of para-hydroxylation sites is 1. The van der Waals surface area contributed by atoms with Crippen molar-refractivity contribution in [3.63, 3.8) is 0 Å². The van der Waals surface area contributed by atoms with Gasteiger partial charge in [0.1, 0.15) is 0 Å². The first-order valence-electron chi connectivity index (χ1n) is 6.59. The number of hydrogen-bond donors (Lipinski definition) is 3. The van der Waals surface area contributed by atoms with Crippen LogP contribution < -0.4 is 16.8 Å². The predicted octanol–water partition coefficient (Wildman–Crippen LogP) is 1.94. The lowest BCUT2D eigenvalue weighted by atomic mass is 10.1. The first-order valence-corrected chi connectivity index (χ1v) is 6.59. The minimum atomic E-state index is -0.525. The quantitative estimate of drug-likeness (QED) is 0.731. The van der Waals surface area contributed by atoms with E-state index in [-0.39, 0.29) is 5.91 Å². The number of anilines is 2. The summed E-state index contributed by atoms with van der Waals surface area (Å²) in [5.74, 6) is -0.664. The molecule has 5 N–H and O–H groups in total. The van der Waals surface area contributed by atoms with Crippen molar-refractivity contribution in [2.24, 2.45) is 5.73 Å². The number of rotatable bonds is 5. The van der Waals surface area contributed by atoms with E-state index >= 15 is 0 Å². The van der Waals surface area contributed by atoms with Crippen LogP contribution in [-0.4, -0.2) is 11.8 Å². The predicted molar refractivity (Wildman–Crippen MR) is 82.8 cm³/mol. The van der Waals surface area contributed by atoms with E-state index in [0.717, 1.165) is 5.56 Å². The van der Waals surface area contributed by atoms with Gasteiger partial charge < -0.3 is 16.8 Å². The summed E-state index contributed by atoms with van der Waals surface area (Å²) < 4.78 is 0. The van der Waals surface area contributed by atoms with Crippen molar-refractivity contribution in [2.45, 2.75) is 12.8 Å². The van der Waals surface area contributed by atoms with Gasteiger partial charge in [0, 0.05) is 23.4 Å². The van der Waals surface area contributed by atoms with Gasteiger partial charge in [-0.15, -0.1) is 0 Å². The Morgan fingerprint density at radius 3 is 2.52 bits per heavy atom. The zero-order chi connectivity index (χ0) is 15.2. The van der Waals surface area contributed by atoms with Crippen molar-refractivity contribution < 1.29 is 9.59 Å². The Labute approximate surface area is 123 Å². The minimum Gasteiger partial charge on any atom is -0.399 e. The fourth-order valence-corrected chi connectivity index (χ4v) is 1.98. The largest absolute Gasteiger partial charge is 0.399 e. The first-order chi connectivity index (χ1) is 10.1. The summed E-state index contributed by atoms with van der Waals surface area (Å²) in [7, 11) is 0. The third-order valence-electron chi connectivity index (χ3n) is 3.11. The molecule has 0 saturated carbocycles. The molecule has 5 nitrogen and oxygen atoms in total. The van der Waals surface area contributed by atoms with Crippen molar-refractivity contribution in [3.8, 4) is 0 Å². The molecule has 0 radical (unpaired) electrons. The second kappa shape index (κ2) is 6.56. The van der Waals surface area contributed by atoms with Crippen LogP contribution in [0.3, 0.4) is 0 Å². The number of benzene rings is 2. The van der Waals surface area contributed by atoms with Crippen LogP contribution in [0.4, 0.5) is 11.4 Å². The second-order valence-electron chi connectivity index (χ2n) is 4.69. The molecule has 0 heterocycles. The number of carbonyl (C=O) groups excluding carboxylic acids is 2. The highest BCUT2D eigenvalue weighted by atomic mass is 16.2. The number of nitrogens with one attached hydrogen (secondary N) is 1. The van der Waals surface area contributed by atoms with Gasteiger partial charge in [0.05, 0.1) is 0 Å². The van der Waals surface area contributed by atoms with Crippen LogP contribution in [0.25, 0.3) is 0 Å². The molecule has 2 aromatic rings. The summed E-state index contributed by atoms with van der Waals surface area (Å²) in [4.78, 5) is 23.0. The third-order valence-corrected chi connectivity index (χ3v) is 3.11.